The van der Waals surface area contributed by atoms with Crippen LogP contribution < -0.4 is 16.1 Å². The van der Waals surface area contributed by atoms with Gasteiger partial charge in [0.15, 0.2) is 0 Å². The molecule has 7 heterocycles. The maximum Gasteiger partial charge on any atom is 0.324 e. The van der Waals surface area contributed by atoms with Crippen molar-refractivity contribution in [1.82, 2.24) is 40.5 Å². The minimum atomic E-state index is -0.856. The number of amides is 2. The Kier molecular flexibility index (Phi) is 11.9. The van der Waals surface area contributed by atoms with Crippen molar-refractivity contribution in [3.8, 4) is 22.5 Å². The molecule has 1 saturated carbocycles. The van der Waals surface area contributed by atoms with Crippen LogP contribution in [0, 0.1) is 16.7 Å². The quantitative estimate of drug-likeness (QED) is 0.171. The van der Waals surface area contributed by atoms with Gasteiger partial charge in [-0.1, -0.05) is 46.6 Å². The molecule has 1 aliphatic carbocycles. The van der Waals surface area contributed by atoms with Crippen molar-refractivity contribution in [3.63, 3.8) is 0 Å². The topological polar surface area (TPSA) is 134 Å². The molecular formula is C48H64N8O4S. The summed E-state index contributed by atoms with van der Waals surface area (Å²) in [6.07, 6.45) is 10.5. The number of rotatable bonds is 7. The average Bonchev–Trinajstić information content (AvgIpc) is 4.13. The molecule has 1 aromatic carbocycles. The monoisotopic (exact) mass is 848 g/mol. The Labute approximate surface area is 364 Å². The van der Waals surface area contributed by atoms with E-state index in [0.29, 0.717) is 25.8 Å². The Hall–Kier alpha value is -4.17. The molecule has 6 bridgehead atoms. The molecule has 5 aliphatic rings. The normalized spacial score (nSPS) is 25.7. The Bertz CT molecular complexity index is 2270. The molecule has 3 N–H and O–H groups in total. The third-order valence-corrected chi connectivity index (χ3v) is 15.1. The fourth-order valence-electron chi connectivity index (χ4n) is 11.1. The first-order valence-corrected chi connectivity index (χ1v) is 23.8. The van der Waals surface area contributed by atoms with Gasteiger partial charge in [-0.3, -0.25) is 29.3 Å². The molecule has 4 atom stereocenters. The van der Waals surface area contributed by atoms with Crippen molar-refractivity contribution in [3.05, 3.63) is 58.2 Å². The van der Waals surface area contributed by atoms with Crippen LogP contribution in [-0.4, -0.2) is 99.7 Å². The van der Waals surface area contributed by atoms with E-state index < -0.39 is 17.5 Å². The lowest BCUT2D eigenvalue weighted by Gasteiger charge is -2.37. The molecule has 13 heteroatoms. The number of benzene rings is 1. The van der Waals surface area contributed by atoms with E-state index in [0.717, 1.165) is 115 Å². The number of thiazole rings is 1. The first-order chi connectivity index (χ1) is 29.4. The molecule has 4 aromatic rings. The SMILES string of the molecule is CCn1c(-c2cccnc2C(C)C)c2c3cc(ccc31)-c1csc(n1)C[C@H](NC(=O)[C@H](C1CCCC1)N1CC[C@]3(CCNC3)C1)C(=O)N1CCC[C@H](N1)C(=O)OCC(C)(C)C2. The number of aromatic nitrogens is 3. The summed E-state index contributed by atoms with van der Waals surface area (Å²) < 4.78 is 8.57. The fraction of sp³-hybridized carbons (Fsp3) is 0.604. The number of hydrogen-bond donors (Lipinski definition) is 3. The van der Waals surface area contributed by atoms with E-state index in [9.17, 15) is 14.4 Å². The number of hydrazine groups is 1. The zero-order chi connectivity index (χ0) is 42.5. The molecule has 0 radical (unpaired) electrons. The number of carbonyl (C=O) groups excluding carboxylic acids is 3. The van der Waals surface area contributed by atoms with Gasteiger partial charge in [-0.05, 0) is 112 Å². The van der Waals surface area contributed by atoms with Crippen molar-refractivity contribution in [2.75, 3.05) is 39.3 Å². The molecule has 0 unspecified atom stereocenters. The number of esters is 1. The minimum Gasteiger partial charge on any atom is -0.464 e. The van der Waals surface area contributed by atoms with Crippen LogP contribution in [0.2, 0.25) is 0 Å². The predicted molar refractivity (Wildman–Crippen MR) is 240 cm³/mol. The van der Waals surface area contributed by atoms with Crippen LogP contribution in [0.15, 0.2) is 41.9 Å². The van der Waals surface area contributed by atoms with E-state index in [1.54, 1.807) is 5.01 Å². The van der Waals surface area contributed by atoms with E-state index in [-0.39, 0.29) is 54.1 Å². The van der Waals surface area contributed by atoms with Gasteiger partial charge in [-0.15, -0.1) is 11.3 Å². The van der Waals surface area contributed by atoms with Gasteiger partial charge in [0.25, 0.3) is 5.91 Å². The standard InChI is InChI=1S/C48H64N8O4S/c1-6-55-39-16-15-32-23-34(39)35(43(55)33-13-9-19-50-41(33)30(2)3)25-47(4,5)29-60-46(59)36-14-10-21-56(53-36)45(58)37(24-40-51-38(32)26-61-40)52-44(57)42(31-11-7-8-12-31)54-22-18-48(28-54)17-20-49-27-48/h9,13,15-16,19,23,26,30-31,36-37,42,49,53H,6-8,10-12,14,17-18,20-22,24-25,27-29H2,1-5H3,(H,52,57)/t36-,37-,42-,48-/m0/s1. The lowest BCUT2D eigenvalue weighted by molar-refractivity contribution is -0.155. The van der Waals surface area contributed by atoms with Crippen molar-refractivity contribution in [2.45, 2.75) is 129 Å². The number of aryl methyl sites for hydroxylation is 1. The molecule has 2 amide bonds. The van der Waals surface area contributed by atoms with E-state index >= 15 is 0 Å². The number of nitrogens with zero attached hydrogens (tertiary/aromatic N) is 5. The summed E-state index contributed by atoms with van der Waals surface area (Å²) in [6, 6.07) is 9.01. The minimum absolute atomic E-state index is 0.0640. The summed E-state index contributed by atoms with van der Waals surface area (Å²) in [5.74, 6) is -0.189. The largest absolute Gasteiger partial charge is 0.464 e. The van der Waals surface area contributed by atoms with Gasteiger partial charge >= 0.3 is 5.97 Å². The number of carbonyl (C=O) groups is 3. The van der Waals surface area contributed by atoms with E-state index in [4.69, 9.17) is 14.7 Å². The van der Waals surface area contributed by atoms with Crippen molar-refractivity contribution < 1.29 is 19.1 Å². The number of pyridine rings is 1. The summed E-state index contributed by atoms with van der Waals surface area (Å²) in [7, 11) is 0. The average molecular weight is 849 g/mol. The van der Waals surface area contributed by atoms with Crippen molar-refractivity contribution in [1.29, 1.82) is 0 Å². The van der Waals surface area contributed by atoms with Crippen LogP contribution in [-0.2, 0) is 38.5 Å². The third kappa shape index (κ3) is 8.39. The van der Waals surface area contributed by atoms with Gasteiger partial charge in [0, 0.05) is 71.6 Å². The van der Waals surface area contributed by atoms with E-state index in [1.165, 1.54) is 16.9 Å². The first-order valence-electron chi connectivity index (χ1n) is 23.0. The second kappa shape index (κ2) is 17.2. The predicted octanol–water partition coefficient (Wildman–Crippen LogP) is 6.86. The lowest BCUT2D eigenvalue weighted by Crippen LogP contribution is -2.62. The summed E-state index contributed by atoms with van der Waals surface area (Å²) >= 11 is 1.53. The Balaban J connectivity index is 1.10. The molecule has 4 aliphatic heterocycles. The Morgan fingerprint density at radius 1 is 1.08 bits per heavy atom. The van der Waals surface area contributed by atoms with E-state index in [1.807, 2.05) is 12.3 Å². The highest BCUT2D eigenvalue weighted by molar-refractivity contribution is 7.10. The second-order valence-electron chi connectivity index (χ2n) is 19.7. The lowest BCUT2D eigenvalue weighted by atomic mass is 9.84. The second-order valence-corrected chi connectivity index (χ2v) is 20.6. The van der Waals surface area contributed by atoms with Crippen LogP contribution in [0.3, 0.4) is 0 Å². The van der Waals surface area contributed by atoms with Crippen molar-refractivity contribution in [2.24, 2.45) is 16.7 Å². The van der Waals surface area contributed by atoms with E-state index in [2.05, 4.69) is 89.8 Å². The summed E-state index contributed by atoms with van der Waals surface area (Å²) in [6.45, 7) is 16.1. The summed E-state index contributed by atoms with van der Waals surface area (Å²) in [5.41, 5.74) is 10.6. The molecule has 4 fully saturated rings. The summed E-state index contributed by atoms with van der Waals surface area (Å²) in [4.78, 5) is 55.9. The van der Waals surface area contributed by atoms with Crippen LogP contribution in [0.4, 0.5) is 0 Å². The Morgan fingerprint density at radius 2 is 1.92 bits per heavy atom. The number of fused-ring (bicyclic) bond motifs is 6. The number of hydrogen-bond acceptors (Lipinski definition) is 10. The van der Waals surface area contributed by atoms with Crippen molar-refractivity contribution >= 4 is 40.0 Å². The van der Waals surface area contributed by atoms with Gasteiger partial charge in [-0.2, -0.15) is 0 Å². The van der Waals surface area contributed by atoms with Gasteiger partial charge < -0.3 is 19.9 Å². The molecular weight excluding hydrogens is 785 g/mol. The first kappa shape index (κ1) is 42.1. The zero-order valence-electron chi connectivity index (χ0n) is 36.7. The number of cyclic esters (lactones) is 1. The number of nitrogens with one attached hydrogen (secondary N) is 3. The van der Waals surface area contributed by atoms with Crippen LogP contribution >= 0.6 is 11.3 Å². The summed E-state index contributed by atoms with van der Waals surface area (Å²) in [5, 5.41) is 12.5. The molecule has 9 rings (SSSR count). The molecule has 12 nitrogen and oxygen atoms in total. The number of likely N-dealkylation sites (tertiary alicyclic amines) is 1. The molecule has 3 aromatic heterocycles. The van der Waals surface area contributed by atoms with Gasteiger partial charge in [-0.25, -0.2) is 10.4 Å². The van der Waals surface area contributed by atoms with Gasteiger partial charge in [0.1, 0.15) is 12.1 Å². The molecule has 61 heavy (non-hydrogen) atoms. The highest BCUT2D eigenvalue weighted by atomic mass is 32.1. The van der Waals surface area contributed by atoms with Gasteiger partial charge in [0.2, 0.25) is 5.91 Å². The zero-order valence-corrected chi connectivity index (χ0v) is 37.5. The smallest absolute Gasteiger partial charge is 0.324 e. The fourth-order valence-corrected chi connectivity index (χ4v) is 12.0. The van der Waals surface area contributed by atoms with Crippen LogP contribution in [0.1, 0.15) is 108 Å². The van der Waals surface area contributed by atoms with Gasteiger partial charge in [0.05, 0.1) is 34.7 Å². The highest BCUT2D eigenvalue weighted by Gasteiger charge is 2.47. The van der Waals surface area contributed by atoms with Crippen LogP contribution in [0.5, 0.6) is 0 Å². The maximum absolute atomic E-state index is 14.8. The third-order valence-electron chi connectivity index (χ3n) is 14.3. The Morgan fingerprint density at radius 3 is 2.69 bits per heavy atom. The highest BCUT2D eigenvalue weighted by Crippen LogP contribution is 2.43. The number of ether oxygens (including phenoxy) is 1. The molecule has 1 spiro atoms. The maximum atomic E-state index is 14.8. The molecule has 326 valence electrons. The molecule has 3 saturated heterocycles. The van der Waals surface area contributed by atoms with Crippen LogP contribution in [0.25, 0.3) is 33.4 Å².